The van der Waals surface area contributed by atoms with Crippen LogP contribution in [0, 0.1) is 18.2 Å². The van der Waals surface area contributed by atoms with E-state index < -0.39 is 0 Å². The Morgan fingerprint density at radius 3 is 2.86 bits per heavy atom. The molecule has 3 fully saturated rings. The summed E-state index contributed by atoms with van der Waals surface area (Å²) in [7, 11) is 1.43. The number of hydrogen-bond acceptors (Lipinski definition) is 5. The summed E-state index contributed by atoms with van der Waals surface area (Å²) >= 11 is 0. The maximum absolute atomic E-state index is 13.9. The van der Waals surface area contributed by atoms with Crippen molar-refractivity contribution in [3.8, 4) is 0 Å². The van der Waals surface area contributed by atoms with E-state index in [4.69, 9.17) is 9.72 Å². The van der Waals surface area contributed by atoms with Crippen LogP contribution in [-0.2, 0) is 22.5 Å². The van der Waals surface area contributed by atoms with Crippen molar-refractivity contribution in [2.24, 2.45) is 5.41 Å². The van der Waals surface area contributed by atoms with Crippen molar-refractivity contribution in [3.05, 3.63) is 52.9 Å². The summed E-state index contributed by atoms with van der Waals surface area (Å²) in [6.07, 6.45) is 5.94. The number of carbonyl (C=O) groups is 2. The Balaban J connectivity index is 1.18. The van der Waals surface area contributed by atoms with E-state index in [1.807, 2.05) is 6.07 Å². The molecule has 37 heavy (non-hydrogen) atoms. The number of ether oxygens (including phenoxy) is 1. The Kier molecular flexibility index (Phi) is 6.01. The molecule has 4 unspecified atom stereocenters. The summed E-state index contributed by atoms with van der Waals surface area (Å²) in [4.78, 5) is 33.4. The van der Waals surface area contributed by atoms with Gasteiger partial charge in [0, 0.05) is 50.0 Å². The van der Waals surface area contributed by atoms with E-state index in [0.29, 0.717) is 36.6 Å². The van der Waals surface area contributed by atoms with E-state index in [0.717, 1.165) is 55.0 Å². The third-order valence-corrected chi connectivity index (χ3v) is 9.45. The van der Waals surface area contributed by atoms with Gasteiger partial charge in [-0.1, -0.05) is 12.1 Å². The SMILES string of the molecule is COC(=O)N1CCc2nc(C)n(C3CC4N(CC[C@H](NC(C)=O)c5cccc(F)c5)C5CCC54C3)c2C1. The maximum atomic E-state index is 13.9. The molecule has 1 aromatic carbocycles. The number of carbonyl (C=O) groups excluding carboxylic acids is 2. The van der Waals surface area contributed by atoms with E-state index in [2.05, 4.69) is 21.7 Å². The Hall–Kier alpha value is -2.94. The number of aryl methyl sites for hydroxylation is 1. The average molecular weight is 510 g/mol. The molecule has 1 saturated heterocycles. The number of methoxy groups -OCH3 is 1. The average Bonchev–Trinajstić information content (AvgIpc) is 3.40. The van der Waals surface area contributed by atoms with Crippen molar-refractivity contribution >= 4 is 12.0 Å². The van der Waals surface area contributed by atoms with Crippen molar-refractivity contribution in [1.29, 1.82) is 0 Å². The van der Waals surface area contributed by atoms with Gasteiger partial charge in [-0.05, 0) is 56.7 Å². The lowest BCUT2D eigenvalue weighted by molar-refractivity contribution is -0.188. The van der Waals surface area contributed by atoms with Gasteiger partial charge in [-0.25, -0.2) is 14.2 Å². The van der Waals surface area contributed by atoms with Gasteiger partial charge in [0.2, 0.25) is 5.91 Å². The Morgan fingerprint density at radius 2 is 2.16 bits per heavy atom. The summed E-state index contributed by atoms with van der Waals surface area (Å²) in [5.74, 6) is 0.662. The van der Waals surface area contributed by atoms with Gasteiger partial charge in [-0.3, -0.25) is 9.69 Å². The number of piperidine rings is 1. The van der Waals surface area contributed by atoms with E-state index in [1.165, 1.54) is 39.0 Å². The monoisotopic (exact) mass is 509 g/mol. The predicted octanol–water partition coefficient (Wildman–Crippen LogP) is 3.89. The maximum Gasteiger partial charge on any atom is 0.409 e. The largest absolute Gasteiger partial charge is 0.453 e. The van der Waals surface area contributed by atoms with Crippen molar-refractivity contribution in [2.45, 2.75) is 83.1 Å². The molecule has 2 amide bonds. The highest BCUT2D eigenvalue weighted by Gasteiger charge is 2.69. The number of amides is 2. The zero-order chi connectivity index (χ0) is 25.9. The van der Waals surface area contributed by atoms with Gasteiger partial charge in [0.25, 0.3) is 0 Å². The highest BCUT2D eigenvalue weighted by Crippen LogP contribution is 2.67. The molecule has 2 saturated carbocycles. The van der Waals surface area contributed by atoms with Crippen LogP contribution in [0.25, 0.3) is 0 Å². The zero-order valence-electron chi connectivity index (χ0n) is 21.9. The molecule has 0 radical (unpaired) electrons. The van der Waals surface area contributed by atoms with E-state index in [9.17, 15) is 14.0 Å². The quantitative estimate of drug-likeness (QED) is 0.639. The zero-order valence-corrected chi connectivity index (χ0v) is 21.9. The third-order valence-electron chi connectivity index (χ3n) is 9.45. The molecule has 1 aromatic heterocycles. The fourth-order valence-electron chi connectivity index (χ4n) is 7.88. The number of halogens is 1. The molecular formula is C28H36FN5O3. The first-order valence-electron chi connectivity index (χ1n) is 13.5. The van der Waals surface area contributed by atoms with Crippen LogP contribution in [-0.4, -0.2) is 63.6 Å². The van der Waals surface area contributed by atoms with E-state index in [-0.39, 0.29) is 23.9 Å². The molecule has 2 aromatic rings. The van der Waals surface area contributed by atoms with Crippen LogP contribution < -0.4 is 5.32 Å². The van der Waals surface area contributed by atoms with Crippen LogP contribution in [0.3, 0.4) is 0 Å². The molecule has 2 aliphatic heterocycles. The van der Waals surface area contributed by atoms with Crippen LogP contribution >= 0.6 is 0 Å². The fraction of sp³-hybridized carbons (Fsp3) is 0.607. The Labute approximate surface area is 217 Å². The van der Waals surface area contributed by atoms with Gasteiger partial charge in [0.1, 0.15) is 11.6 Å². The van der Waals surface area contributed by atoms with Gasteiger partial charge in [-0.15, -0.1) is 0 Å². The number of nitrogens with one attached hydrogen (secondary N) is 1. The van der Waals surface area contributed by atoms with Gasteiger partial charge < -0.3 is 19.5 Å². The lowest BCUT2D eigenvalue weighted by atomic mass is 9.53. The van der Waals surface area contributed by atoms with E-state index in [1.54, 1.807) is 11.0 Å². The second-order valence-corrected chi connectivity index (χ2v) is 11.3. The number of aromatic nitrogens is 2. The van der Waals surface area contributed by atoms with Gasteiger partial charge in [0.15, 0.2) is 0 Å². The summed E-state index contributed by atoms with van der Waals surface area (Å²) < 4.78 is 21.3. The minimum Gasteiger partial charge on any atom is -0.453 e. The molecule has 1 N–H and O–H groups in total. The number of nitrogens with zero attached hydrogens (tertiary/aromatic N) is 4. The van der Waals surface area contributed by atoms with Gasteiger partial charge in [-0.2, -0.15) is 0 Å². The first-order chi connectivity index (χ1) is 17.8. The van der Waals surface area contributed by atoms with Crippen molar-refractivity contribution in [3.63, 3.8) is 0 Å². The Morgan fingerprint density at radius 1 is 1.32 bits per heavy atom. The molecule has 6 rings (SSSR count). The minimum atomic E-state index is -0.279. The second kappa shape index (κ2) is 9.11. The third kappa shape index (κ3) is 3.93. The van der Waals surface area contributed by atoms with Crippen LogP contribution in [0.15, 0.2) is 24.3 Å². The summed E-state index contributed by atoms with van der Waals surface area (Å²) in [6, 6.07) is 7.83. The summed E-state index contributed by atoms with van der Waals surface area (Å²) in [5.41, 5.74) is 3.46. The fourth-order valence-corrected chi connectivity index (χ4v) is 7.88. The molecule has 5 atom stereocenters. The summed E-state index contributed by atoms with van der Waals surface area (Å²) in [6.45, 7) is 5.68. The second-order valence-electron chi connectivity index (χ2n) is 11.3. The van der Waals surface area contributed by atoms with Crippen LogP contribution in [0.4, 0.5) is 9.18 Å². The highest BCUT2D eigenvalue weighted by atomic mass is 19.1. The number of rotatable bonds is 6. The van der Waals surface area contributed by atoms with Crippen molar-refractivity contribution in [1.82, 2.24) is 24.7 Å². The van der Waals surface area contributed by atoms with Crippen molar-refractivity contribution < 1.29 is 18.7 Å². The van der Waals surface area contributed by atoms with Gasteiger partial charge >= 0.3 is 6.09 Å². The standard InChI is InChI=1S/C28H36FN5O3/c1-17-30-23-8-11-32(27(36)37-3)16-24(23)34(17)21-14-26-28(15-21)10-7-25(28)33(26)12-9-22(31-18(2)35)19-5-4-6-20(29)13-19/h4-6,13,21-22,25-26H,7-12,14-16H2,1-3H3,(H,31,35)/t21?,22-,25?,26?,28?/m0/s1. The molecule has 4 aliphatic rings. The van der Waals surface area contributed by atoms with Crippen LogP contribution in [0.1, 0.15) is 73.9 Å². The lowest BCUT2D eigenvalue weighted by Gasteiger charge is -2.68. The molecule has 9 heteroatoms. The molecule has 8 nitrogen and oxygen atoms in total. The van der Waals surface area contributed by atoms with Crippen LogP contribution in [0.2, 0.25) is 0 Å². The highest BCUT2D eigenvalue weighted by molar-refractivity contribution is 5.73. The molecular weight excluding hydrogens is 473 g/mol. The minimum absolute atomic E-state index is 0.0989. The number of likely N-dealkylation sites (tertiary alicyclic amines) is 1. The topological polar surface area (TPSA) is 79.7 Å². The number of benzene rings is 1. The predicted molar refractivity (Wildman–Crippen MR) is 135 cm³/mol. The molecule has 198 valence electrons. The molecule has 1 spiro atoms. The first-order valence-corrected chi connectivity index (χ1v) is 13.5. The Bertz CT molecular complexity index is 1230. The molecule has 2 aliphatic carbocycles. The number of imidazole rings is 1. The van der Waals surface area contributed by atoms with E-state index >= 15 is 0 Å². The molecule has 3 heterocycles. The summed E-state index contributed by atoms with van der Waals surface area (Å²) in [5, 5.41) is 3.03. The number of hydrogen-bond donors (Lipinski definition) is 1. The first kappa shape index (κ1) is 24.4. The molecule has 0 bridgehead atoms. The number of fused-ring (bicyclic) bond motifs is 1. The lowest BCUT2D eigenvalue weighted by Crippen LogP contribution is -2.74. The van der Waals surface area contributed by atoms with Crippen molar-refractivity contribution in [2.75, 3.05) is 20.2 Å². The van der Waals surface area contributed by atoms with Gasteiger partial charge in [0.05, 0.1) is 31.1 Å². The normalized spacial score (nSPS) is 28.9. The smallest absolute Gasteiger partial charge is 0.409 e. The van der Waals surface area contributed by atoms with Crippen LogP contribution in [0.5, 0.6) is 0 Å².